The van der Waals surface area contributed by atoms with Gasteiger partial charge in [-0.3, -0.25) is 9.48 Å². The van der Waals surface area contributed by atoms with Crippen LogP contribution in [0.3, 0.4) is 0 Å². The minimum atomic E-state index is -0.642. The van der Waals surface area contributed by atoms with E-state index in [0.29, 0.717) is 6.04 Å². The Labute approximate surface area is 123 Å². The number of fused-ring (bicyclic) bond motifs is 1. The molecular formula is C14H19ClN4O. The lowest BCUT2D eigenvalue weighted by Crippen LogP contribution is -2.37. The molecule has 108 valence electrons. The number of aromatic nitrogens is 2. The van der Waals surface area contributed by atoms with E-state index in [1.54, 1.807) is 0 Å². The number of nitrogens with two attached hydrogens (primary N) is 1. The van der Waals surface area contributed by atoms with E-state index in [-0.39, 0.29) is 18.3 Å². The SMILES string of the molecule is CC(C)n1cc2cc(NC(=O)C3(N)CC3)ccc2n1.Cl. The van der Waals surface area contributed by atoms with Gasteiger partial charge in [0.15, 0.2) is 0 Å². The van der Waals surface area contributed by atoms with Crippen LogP contribution in [0.1, 0.15) is 32.7 Å². The molecule has 2 aromatic rings. The minimum absolute atomic E-state index is 0. The van der Waals surface area contributed by atoms with Crippen LogP contribution < -0.4 is 11.1 Å². The Morgan fingerprint density at radius 1 is 1.45 bits per heavy atom. The summed E-state index contributed by atoms with van der Waals surface area (Å²) in [6, 6.07) is 6.04. The molecule has 5 nitrogen and oxygen atoms in total. The van der Waals surface area contributed by atoms with Crippen molar-refractivity contribution in [3.63, 3.8) is 0 Å². The number of rotatable bonds is 3. The molecule has 1 amide bonds. The average molecular weight is 295 g/mol. The van der Waals surface area contributed by atoms with Gasteiger partial charge in [0.25, 0.3) is 0 Å². The maximum atomic E-state index is 11.9. The molecular weight excluding hydrogens is 276 g/mol. The number of halogens is 1. The number of carbonyl (C=O) groups is 1. The first kappa shape index (κ1) is 14.8. The van der Waals surface area contributed by atoms with Gasteiger partial charge in [0.05, 0.1) is 11.1 Å². The molecule has 1 aromatic carbocycles. The summed E-state index contributed by atoms with van der Waals surface area (Å²) in [5, 5.41) is 8.37. The van der Waals surface area contributed by atoms with Crippen LogP contribution in [0.2, 0.25) is 0 Å². The highest BCUT2D eigenvalue weighted by molar-refractivity contribution is 6.01. The van der Waals surface area contributed by atoms with Gasteiger partial charge in [0.2, 0.25) is 5.91 Å². The van der Waals surface area contributed by atoms with Crippen molar-refractivity contribution < 1.29 is 4.79 Å². The zero-order chi connectivity index (χ0) is 13.6. The van der Waals surface area contributed by atoms with E-state index < -0.39 is 5.54 Å². The number of carbonyl (C=O) groups excluding carboxylic acids is 1. The van der Waals surface area contributed by atoms with E-state index in [2.05, 4.69) is 24.3 Å². The van der Waals surface area contributed by atoms with Crippen molar-refractivity contribution in [3.05, 3.63) is 24.4 Å². The van der Waals surface area contributed by atoms with Gasteiger partial charge in [-0.05, 0) is 44.9 Å². The molecule has 0 radical (unpaired) electrons. The fraction of sp³-hybridized carbons (Fsp3) is 0.429. The number of nitrogens with one attached hydrogen (secondary N) is 1. The van der Waals surface area contributed by atoms with E-state index in [0.717, 1.165) is 29.4 Å². The standard InChI is InChI=1S/C14H18N4O.ClH/c1-9(2)18-8-10-7-11(3-4-12(10)17-18)16-13(19)14(15)5-6-14;/h3-4,7-9H,5-6,15H2,1-2H3,(H,16,19);1H. The van der Waals surface area contributed by atoms with E-state index in [1.807, 2.05) is 29.1 Å². The summed E-state index contributed by atoms with van der Waals surface area (Å²) in [6.45, 7) is 4.17. The van der Waals surface area contributed by atoms with Gasteiger partial charge < -0.3 is 11.1 Å². The molecule has 1 aliphatic carbocycles. The Hall–Kier alpha value is -1.59. The monoisotopic (exact) mass is 294 g/mol. The predicted molar refractivity (Wildman–Crippen MR) is 82.1 cm³/mol. The highest BCUT2D eigenvalue weighted by Crippen LogP contribution is 2.33. The summed E-state index contributed by atoms with van der Waals surface area (Å²) in [4.78, 5) is 11.9. The molecule has 1 aliphatic rings. The van der Waals surface area contributed by atoms with Gasteiger partial charge in [-0.2, -0.15) is 5.10 Å². The van der Waals surface area contributed by atoms with Crippen molar-refractivity contribution in [1.82, 2.24) is 9.78 Å². The molecule has 1 aromatic heterocycles. The van der Waals surface area contributed by atoms with Crippen LogP contribution in [0.25, 0.3) is 10.9 Å². The van der Waals surface area contributed by atoms with Gasteiger partial charge in [0.1, 0.15) is 0 Å². The van der Waals surface area contributed by atoms with Crippen molar-refractivity contribution in [2.75, 3.05) is 5.32 Å². The molecule has 3 rings (SSSR count). The number of benzene rings is 1. The first-order valence-electron chi connectivity index (χ1n) is 6.57. The van der Waals surface area contributed by atoms with Crippen LogP contribution in [-0.2, 0) is 4.79 Å². The van der Waals surface area contributed by atoms with Crippen molar-refractivity contribution in [1.29, 1.82) is 0 Å². The Bertz CT molecular complexity index is 646. The second-order valence-electron chi connectivity index (χ2n) is 5.59. The van der Waals surface area contributed by atoms with Crippen molar-refractivity contribution >= 4 is 34.9 Å². The van der Waals surface area contributed by atoms with Crippen molar-refractivity contribution in [3.8, 4) is 0 Å². The largest absolute Gasteiger partial charge is 0.324 e. The summed E-state index contributed by atoms with van der Waals surface area (Å²) < 4.78 is 1.92. The molecule has 0 spiro atoms. The van der Waals surface area contributed by atoms with Crippen LogP contribution >= 0.6 is 12.4 Å². The summed E-state index contributed by atoms with van der Waals surface area (Å²) in [5.41, 5.74) is 6.93. The van der Waals surface area contributed by atoms with E-state index in [4.69, 9.17) is 5.73 Å². The van der Waals surface area contributed by atoms with E-state index >= 15 is 0 Å². The first-order valence-corrected chi connectivity index (χ1v) is 6.57. The fourth-order valence-corrected chi connectivity index (χ4v) is 2.00. The minimum Gasteiger partial charge on any atom is -0.324 e. The van der Waals surface area contributed by atoms with Crippen LogP contribution in [0.15, 0.2) is 24.4 Å². The Morgan fingerprint density at radius 2 is 2.15 bits per heavy atom. The van der Waals surface area contributed by atoms with Crippen LogP contribution in [0, 0.1) is 0 Å². The molecule has 3 N–H and O–H groups in total. The fourth-order valence-electron chi connectivity index (χ4n) is 2.00. The number of nitrogens with zero attached hydrogens (tertiary/aromatic N) is 2. The third-order valence-corrected chi connectivity index (χ3v) is 3.55. The van der Waals surface area contributed by atoms with Crippen LogP contribution in [0.4, 0.5) is 5.69 Å². The molecule has 1 fully saturated rings. The molecule has 0 saturated heterocycles. The number of hydrogen-bond acceptors (Lipinski definition) is 3. The predicted octanol–water partition coefficient (Wildman–Crippen LogP) is 2.47. The van der Waals surface area contributed by atoms with Crippen LogP contribution in [-0.4, -0.2) is 21.2 Å². The quantitative estimate of drug-likeness (QED) is 0.913. The van der Waals surface area contributed by atoms with Crippen molar-refractivity contribution in [2.24, 2.45) is 5.73 Å². The lowest BCUT2D eigenvalue weighted by Gasteiger charge is -2.09. The van der Waals surface area contributed by atoms with E-state index in [9.17, 15) is 4.79 Å². The maximum Gasteiger partial charge on any atom is 0.244 e. The lowest BCUT2D eigenvalue weighted by atomic mass is 10.2. The molecule has 6 heteroatoms. The smallest absolute Gasteiger partial charge is 0.244 e. The van der Waals surface area contributed by atoms with Crippen LogP contribution in [0.5, 0.6) is 0 Å². The Kier molecular flexibility index (Phi) is 3.75. The average Bonchev–Trinajstić information content (AvgIpc) is 2.97. The third-order valence-electron chi connectivity index (χ3n) is 3.55. The molecule has 20 heavy (non-hydrogen) atoms. The molecule has 0 unspecified atom stereocenters. The second kappa shape index (κ2) is 5.07. The number of anilines is 1. The topological polar surface area (TPSA) is 72.9 Å². The first-order chi connectivity index (χ1) is 8.98. The normalized spacial score (nSPS) is 16.0. The second-order valence-corrected chi connectivity index (χ2v) is 5.59. The molecule has 0 atom stereocenters. The zero-order valence-electron chi connectivity index (χ0n) is 11.6. The van der Waals surface area contributed by atoms with Gasteiger partial charge >= 0.3 is 0 Å². The van der Waals surface area contributed by atoms with Crippen molar-refractivity contribution in [2.45, 2.75) is 38.3 Å². The summed E-state index contributed by atoms with van der Waals surface area (Å²) >= 11 is 0. The summed E-state index contributed by atoms with van der Waals surface area (Å²) in [6.07, 6.45) is 3.53. The molecule has 1 heterocycles. The van der Waals surface area contributed by atoms with Gasteiger partial charge in [-0.25, -0.2) is 0 Å². The Balaban J connectivity index is 0.00000147. The van der Waals surface area contributed by atoms with E-state index in [1.165, 1.54) is 0 Å². The van der Waals surface area contributed by atoms with Gasteiger partial charge in [0, 0.05) is 23.3 Å². The third kappa shape index (κ3) is 2.64. The lowest BCUT2D eigenvalue weighted by molar-refractivity contribution is -0.118. The number of hydrogen-bond donors (Lipinski definition) is 2. The Morgan fingerprint density at radius 3 is 2.75 bits per heavy atom. The molecule has 0 bridgehead atoms. The zero-order valence-corrected chi connectivity index (χ0v) is 12.4. The number of amides is 1. The van der Waals surface area contributed by atoms with Gasteiger partial charge in [-0.15, -0.1) is 12.4 Å². The maximum absolute atomic E-state index is 11.9. The highest BCUT2D eigenvalue weighted by atomic mass is 35.5. The highest BCUT2D eigenvalue weighted by Gasteiger charge is 2.45. The summed E-state index contributed by atoms with van der Waals surface area (Å²) in [7, 11) is 0. The van der Waals surface area contributed by atoms with Gasteiger partial charge in [-0.1, -0.05) is 0 Å². The molecule has 0 aliphatic heterocycles. The summed E-state index contributed by atoms with van der Waals surface area (Å²) in [5.74, 6) is -0.0944. The molecule has 1 saturated carbocycles.